The predicted octanol–water partition coefficient (Wildman–Crippen LogP) is -9.29. The summed E-state index contributed by atoms with van der Waals surface area (Å²) in [5.74, 6) is -6.27. The Morgan fingerprint density at radius 2 is 1.42 bits per heavy atom. The summed E-state index contributed by atoms with van der Waals surface area (Å²) in [4.78, 5) is 77.7. The Balaban J connectivity index is 0. The third-order valence-corrected chi connectivity index (χ3v) is 4.50. The van der Waals surface area contributed by atoms with Gasteiger partial charge in [0, 0.05) is 12.8 Å². The fraction of sp³-hybridized carbons (Fsp3) is 0.462. The monoisotopic (exact) mass is 530 g/mol. The maximum atomic E-state index is 11.6. The van der Waals surface area contributed by atoms with E-state index in [1.54, 1.807) is 0 Å². The van der Waals surface area contributed by atoms with Crippen LogP contribution in [0.3, 0.4) is 0 Å². The van der Waals surface area contributed by atoms with Crippen molar-refractivity contribution in [2.24, 2.45) is 0 Å². The maximum absolute atomic E-state index is 11.6. The molecule has 2 fully saturated rings. The topological polar surface area (TPSA) is 236 Å². The molecule has 2 aliphatic rings. The molecule has 1 atom stereocenters. The normalized spacial score (nSPS) is 17.2. The van der Waals surface area contributed by atoms with Gasteiger partial charge >= 0.3 is 81.7 Å². The molecule has 0 bridgehead atoms. The number of hydroxylamine groups is 4. The molecule has 0 aromatic heterocycles. The van der Waals surface area contributed by atoms with Crippen LogP contribution in [0.25, 0.3) is 0 Å². The molecular formula is C13H12N2Na2O14S2. The van der Waals surface area contributed by atoms with Crippen molar-refractivity contribution in [1.82, 2.24) is 10.1 Å². The van der Waals surface area contributed by atoms with Crippen LogP contribution in [-0.4, -0.2) is 76.5 Å². The van der Waals surface area contributed by atoms with Crippen LogP contribution in [0.5, 0.6) is 0 Å². The van der Waals surface area contributed by atoms with Crippen molar-refractivity contribution in [1.29, 1.82) is 0 Å². The van der Waals surface area contributed by atoms with Crippen molar-refractivity contribution in [3.05, 3.63) is 6.42 Å². The number of amides is 4. The van der Waals surface area contributed by atoms with Gasteiger partial charge in [-0.1, -0.05) is 6.42 Å². The van der Waals surface area contributed by atoms with E-state index in [0.717, 1.165) is 6.42 Å². The molecule has 2 rings (SSSR count). The smallest absolute Gasteiger partial charge is 0.747 e. The van der Waals surface area contributed by atoms with Crippen LogP contribution in [0.4, 0.5) is 0 Å². The standard InChI is InChI=1S/C13H13N2O11S.2Na.O3S/c16-8-4-5-9(17)14(8)25-11(19)2-1-3-12(20)26-15-10(18)6-7(13(15)21)27(22,23)24;;;1-4(2)3/h4,7H,1-3,5-6H2,(H,22,23,24);;;/q-1;2*+1;/p-1. The number of carbonyl (C=O) groups excluding carboxylic acids is 6. The first-order valence-electron chi connectivity index (χ1n) is 7.94. The average Bonchev–Trinajstić information content (AvgIpc) is 3.08. The Labute approximate surface area is 231 Å². The number of nitrogens with zero attached hydrogens (tertiary/aromatic N) is 2. The van der Waals surface area contributed by atoms with Gasteiger partial charge in [0.2, 0.25) is 5.91 Å². The summed E-state index contributed by atoms with van der Waals surface area (Å²) in [6, 6.07) is 0. The molecule has 2 aliphatic heterocycles. The molecule has 2 saturated heterocycles. The van der Waals surface area contributed by atoms with Gasteiger partial charge in [0.15, 0.2) is 0 Å². The van der Waals surface area contributed by atoms with E-state index in [2.05, 4.69) is 9.68 Å². The fourth-order valence-electron chi connectivity index (χ4n) is 2.14. The molecule has 20 heteroatoms. The molecule has 0 aromatic carbocycles. The van der Waals surface area contributed by atoms with E-state index >= 15 is 0 Å². The summed E-state index contributed by atoms with van der Waals surface area (Å²) in [7, 11) is -8.19. The zero-order valence-electron chi connectivity index (χ0n) is 17.1. The van der Waals surface area contributed by atoms with Crippen LogP contribution < -0.4 is 59.1 Å². The van der Waals surface area contributed by atoms with Gasteiger partial charge in [0.1, 0.15) is 21.3 Å². The maximum Gasteiger partial charge on any atom is 1.00 e. The summed E-state index contributed by atoms with van der Waals surface area (Å²) in [6.45, 7) is 0. The van der Waals surface area contributed by atoms with Gasteiger partial charge in [-0.25, -0.2) is 18.0 Å². The van der Waals surface area contributed by atoms with Crippen LogP contribution in [0.2, 0.25) is 0 Å². The average molecular weight is 530 g/mol. The van der Waals surface area contributed by atoms with E-state index in [4.69, 9.17) is 12.6 Å². The first-order valence-corrected chi connectivity index (χ1v) is 10.4. The van der Waals surface area contributed by atoms with Crippen molar-refractivity contribution in [3.8, 4) is 0 Å². The molecule has 1 unspecified atom stereocenters. The molecule has 0 N–H and O–H groups in total. The summed E-state index contributed by atoms with van der Waals surface area (Å²) in [6.07, 6.45) is -1.17. The Kier molecular flexibility index (Phi) is 15.1. The van der Waals surface area contributed by atoms with Crippen molar-refractivity contribution >= 4 is 56.3 Å². The van der Waals surface area contributed by atoms with Crippen molar-refractivity contribution < 1.29 is 123 Å². The zero-order chi connectivity index (χ0) is 23.9. The van der Waals surface area contributed by atoms with Gasteiger partial charge < -0.3 is 19.0 Å². The number of hydrogen-bond acceptors (Lipinski definition) is 14. The summed E-state index contributed by atoms with van der Waals surface area (Å²) < 4.78 is 57.9. The fourth-order valence-corrected chi connectivity index (χ4v) is 2.82. The first-order chi connectivity index (χ1) is 14.2. The van der Waals surface area contributed by atoms with E-state index < -0.39 is 80.8 Å². The SMILES string of the molecule is O=C(CCCC(=O)ON1C(=O)CC(S(=O)(=O)[O-])C1=O)ON1C(=O)[CH-]CC1=O.O=S(=O)=O.[Na+].[Na+]. The van der Waals surface area contributed by atoms with Gasteiger partial charge in [0.05, 0.1) is 6.42 Å². The van der Waals surface area contributed by atoms with Crippen molar-refractivity contribution in [2.75, 3.05) is 0 Å². The Bertz CT molecular complexity index is 1000. The van der Waals surface area contributed by atoms with Crippen LogP contribution in [0, 0.1) is 6.42 Å². The Morgan fingerprint density at radius 3 is 1.79 bits per heavy atom. The Hall–Kier alpha value is -1.38. The van der Waals surface area contributed by atoms with E-state index in [1.807, 2.05) is 0 Å². The number of imide groups is 2. The third-order valence-electron chi connectivity index (χ3n) is 3.44. The second-order valence-corrected chi connectivity index (χ2v) is 7.59. The molecule has 0 aromatic rings. The number of hydrogen-bond donors (Lipinski definition) is 0. The summed E-state index contributed by atoms with van der Waals surface area (Å²) in [5, 5.41) is -1.97. The van der Waals surface area contributed by atoms with Crippen molar-refractivity contribution in [3.63, 3.8) is 0 Å². The molecule has 0 aliphatic carbocycles. The molecule has 172 valence electrons. The van der Waals surface area contributed by atoms with E-state index in [1.165, 1.54) is 0 Å². The summed E-state index contributed by atoms with van der Waals surface area (Å²) >= 11 is 0. The number of carbonyl (C=O) groups is 6. The molecule has 0 spiro atoms. The predicted molar refractivity (Wildman–Crippen MR) is 86.5 cm³/mol. The van der Waals surface area contributed by atoms with Gasteiger partial charge in [-0.05, 0) is 6.42 Å². The van der Waals surface area contributed by atoms with Crippen LogP contribution in [-0.2, 0) is 59.2 Å². The molecule has 2 heterocycles. The zero-order valence-corrected chi connectivity index (χ0v) is 22.7. The second-order valence-electron chi connectivity index (χ2n) is 5.63. The van der Waals surface area contributed by atoms with Crippen LogP contribution in [0.1, 0.15) is 32.1 Å². The Morgan fingerprint density at radius 1 is 0.970 bits per heavy atom. The van der Waals surface area contributed by atoms with Gasteiger partial charge in [-0.15, -0.1) is 22.8 Å². The quantitative estimate of drug-likeness (QED) is 0.129. The minimum atomic E-state index is -5.08. The number of rotatable bonds is 7. The minimum Gasteiger partial charge on any atom is -0.747 e. The summed E-state index contributed by atoms with van der Waals surface area (Å²) in [5.41, 5.74) is 0. The van der Waals surface area contributed by atoms with Crippen LogP contribution in [0.15, 0.2) is 0 Å². The second kappa shape index (κ2) is 14.8. The van der Waals surface area contributed by atoms with E-state index in [0.29, 0.717) is 0 Å². The molecule has 16 nitrogen and oxygen atoms in total. The van der Waals surface area contributed by atoms with Crippen molar-refractivity contribution in [2.45, 2.75) is 37.4 Å². The molecular weight excluding hydrogens is 518 g/mol. The molecule has 0 saturated carbocycles. The molecule has 4 amide bonds. The van der Waals surface area contributed by atoms with Crippen LogP contribution >= 0.6 is 0 Å². The third kappa shape index (κ3) is 11.1. The molecule has 0 radical (unpaired) electrons. The molecule has 33 heavy (non-hydrogen) atoms. The first kappa shape index (κ1) is 33.8. The van der Waals surface area contributed by atoms with E-state index in [9.17, 15) is 41.7 Å². The van der Waals surface area contributed by atoms with Gasteiger partial charge in [-0.3, -0.25) is 20.8 Å². The van der Waals surface area contributed by atoms with Gasteiger partial charge in [0.25, 0.3) is 11.8 Å². The largest absolute Gasteiger partial charge is 1.00 e. The van der Waals surface area contributed by atoms with Gasteiger partial charge in [-0.2, -0.15) is 0 Å². The van der Waals surface area contributed by atoms with E-state index in [-0.39, 0.29) is 82.1 Å². The minimum absolute atomic E-state index is 0.